The summed E-state index contributed by atoms with van der Waals surface area (Å²) in [6.45, 7) is 0. The molecule has 176 valence electrons. The number of ether oxygens (including phenoxy) is 2. The van der Waals surface area contributed by atoms with Crippen LogP contribution in [0.15, 0.2) is 76.1 Å². The van der Waals surface area contributed by atoms with E-state index in [0.717, 1.165) is 31.3 Å². The number of sulfonamides is 1. The normalized spacial score (nSPS) is 16.2. The van der Waals surface area contributed by atoms with Gasteiger partial charge in [-0.15, -0.1) is 0 Å². The second-order valence-electron chi connectivity index (χ2n) is 6.99. The zero-order valence-electron chi connectivity index (χ0n) is 18.0. The van der Waals surface area contributed by atoms with Gasteiger partial charge < -0.3 is 15.2 Å². The van der Waals surface area contributed by atoms with Crippen LogP contribution in [0.1, 0.15) is 11.5 Å². The first kappa shape index (κ1) is 24.8. The molecule has 2 aromatic rings. The topological polar surface area (TPSA) is 166 Å². The lowest BCUT2D eigenvalue weighted by molar-refractivity contribution is -0.139. The van der Waals surface area contributed by atoms with Gasteiger partial charge in [-0.25, -0.2) is 23.1 Å². The van der Waals surface area contributed by atoms with Crippen LogP contribution in [0.2, 0.25) is 5.02 Å². The Morgan fingerprint density at radius 1 is 1.09 bits per heavy atom. The van der Waals surface area contributed by atoms with Crippen molar-refractivity contribution in [1.29, 1.82) is 5.26 Å². The lowest BCUT2D eigenvalue weighted by atomic mass is 9.81. The summed E-state index contributed by atoms with van der Waals surface area (Å²) in [5.74, 6) is -3.28. The predicted octanol–water partition coefficient (Wildman–Crippen LogP) is 1.89. The Labute approximate surface area is 200 Å². The number of carbonyl (C=O) groups excluding carboxylic acids is 2. The number of halogens is 1. The zero-order chi connectivity index (χ0) is 25.2. The van der Waals surface area contributed by atoms with E-state index in [0.29, 0.717) is 5.56 Å². The van der Waals surface area contributed by atoms with Crippen LogP contribution < -0.4 is 15.8 Å². The molecule has 3 rings (SSSR count). The Bertz CT molecular complexity index is 1380. The van der Waals surface area contributed by atoms with Crippen molar-refractivity contribution >= 4 is 39.3 Å². The molecule has 0 bridgehead atoms. The van der Waals surface area contributed by atoms with Gasteiger partial charge >= 0.3 is 11.9 Å². The molecule has 0 radical (unpaired) electrons. The van der Waals surface area contributed by atoms with Crippen molar-refractivity contribution in [2.75, 3.05) is 19.1 Å². The summed E-state index contributed by atoms with van der Waals surface area (Å²) < 4.78 is 33.7. The van der Waals surface area contributed by atoms with Crippen LogP contribution in [0, 0.1) is 11.3 Å². The highest BCUT2D eigenvalue weighted by Gasteiger charge is 2.43. The van der Waals surface area contributed by atoms with Gasteiger partial charge in [0.1, 0.15) is 11.5 Å². The third-order valence-corrected chi connectivity index (χ3v) is 6.33. The molecule has 12 heteroatoms. The lowest BCUT2D eigenvalue weighted by Gasteiger charge is -2.36. The highest BCUT2D eigenvalue weighted by Crippen LogP contribution is 2.44. The zero-order valence-corrected chi connectivity index (χ0v) is 19.6. The average Bonchev–Trinajstić information content (AvgIpc) is 2.82. The minimum Gasteiger partial charge on any atom is -0.466 e. The largest absolute Gasteiger partial charge is 0.466 e. The molecule has 1 aliphatic heterocycles. The van der Waals surface area contributed by atoms with Crippen LogP contribution in [0.4, 0.5) is 5.69 Å². The van der Waals surface area contributed by atoms with Gasteiger partial charge in [0.15, 0.2) is 0 Å². The first-order valence-corrected chi connectivity index (χ1v) is 11.5. The third kappa shape index (κ3) is 4.34. The molecule has 1 atom stereocenters. The van der Waals surface area contributed by atoms with Gasteiger partial charge in [0.25, 0.3) is 0 Å². The van der Waals surface area contributed by atoms with E-state index in [1.165, 1.54) is 6.07 Å². The average molecular weight is 503 g/mol. The molecule has 0 amide bonds. The van der Waals surface area contributed by atoms with Crippen LogP contribution in [-0.4, -0.2) is 34.6 Å². The molecule has 1 heterocycles. The first-order valence-electron chi connectivity index (χ1n) is 9.54. The molecule has 1 aliphatic rings. The van der Waals surface area contributed by atoms with Crippen molar-refractivity contribution in [1.82, 2.24) is 0 Å². The number of allylic oxidation sites excluding steroid dienone is 1. The standard InChI is InChI=1S/C22H19ClN4O6S/c1-32-21(28)18-17(12-6-4-3-5-7-12)14(11-24)20(25)27(19(18)22(29)33-2)16-10-13(34(26,30)31)8-9-15(16)23/h3-10,17H,25H2,1-2H3,(H2,26,30,31). The summed E-state index contributed by atoms with van der Waals surface area (Å²) >= 11 is 6.33. The Balaban J connectivity index is 2.48. The van der Waals surface area contributed by atoms with Crippen LogP contribution in [0.3, 0.4) is 0 Å². The van der Waals surface area contributed by atoms with Gasteiger partial charge in [-0.1, -0.05) is 41.9 Å². The smallest absolute Gasteiger partial charge is 0.355 e. The fraction of sp³-hybridized carbons (Fsp3) is 0.136. The molecule has 0 aromatic heterocycles. The second-order valence-corrected chi connectivity index (χ2v) is 8.96. The summed E-state index contributed by atoms with van der Waals surface area (Å²) in [6.07, 6.45) is 0. The summed E-state index contributed by atoms with van der Waals surface area (Å²) in [4.78, 5) is 26.7. The molecule has 34 heavy (non-hydrogen) atoms. The van der Waals surface area contributed by atoms with Crippen LogP contribution in [-0.2, 0) is 29.1 Å². The summed E-state index contributed by atoms with van der Waals surface area (Å²) in [6, 6.07) is 13.9. The van der Waals surface area contributed by atoms with Crippen molar-refractivity contribution in [3.8, 4) is 6.07 Å². The van der Waals surface area contributed by atoms with E-state index in [-0.39, 0.29) is 32.6 Å². The monoisotopic (exact) mass is 502 g/mol. The van der Waals surface area contributed by atoms with Gasteiger partial charge in [-0.2, -0.15) is 5.26 Å². The minimum atomic E-state index is -4.18. The Hall–Kier alpha value is -3.85. The second kappa shape index (κ2) is 9.56. The molecule has 2 aromatic carbocycles. The summed E-state index contributed by atoms with van der Waals surface area (Å²) in [5.41, 5.74) is 5.98. The van der Waals surface area contributed by atoms with E-state index in [1.807, 2.05) is 6.07 Å². The maximum Gasteiger partial charge on any atom is 0.355 e. The van der Waals surface area contributed by atoms with Crippen LogP contribution in [0.5, 0.6) is 0 Å². The number of methoxy groups -OCH3 is 2. The highest BCUT2D eigenvalue weighted by atomic mass is 35.5. The number of benzene rings is 2. The van der Waals surface area contributed by atoms with E-state index >= 15 is 0 Å². The molecule has 0 spiro atoms. The highest BCUT2D eigenvalue weighted by molar-refractivity contribution is 7.89. The van der Waals surface area contributed by atoms with Crippen molar-refractivity contribution in [3.05, 3.63) is 81.8 Å². The number of nitriles is 1. The number of anilines is 1. The van der Waals surface area contributed by atoms with Gasteiger partial charge in [-0.05, 0) is 23.8 Å². The Morgan fingerprint density at radius 3 is 2.24 bits per heavy atom. The molecule has 0 aliphatic carbocycles. The number of hydrogen-bond acceptors (Lipinski definition) is 9. The molecule has 4 N–H and O–H groups in total. The lowest BCUT2D eigenvalue weighted by Crippen LogP contribution is -2.41. The number of nitrogens with zero attached hydrogens (tertiary/aromatic N) is 2. The SMILES string of the molecule is COC(=O)C1=C(C(=O)OC)N(c2cc(S(N)(=O)=O)ccc2Cl)C(N)=C(C#N)C1c1ccccc1. The third-order valence-electron chi connectivity index (χ3n) is 5.10. The van der Waals surface area contributed by atoms with E-state index < -0.39 is 33.6 Å². The maximum absolute atomic E-state index is 13.0. The molecule has 1 unspecified atom stereocenters. The van der Waals surface area contributed by atoms with Gasteiger partial charge in [-0.3, -0.25) is 4.90 Å². The van der Waals surface area contributed by atoms with E-state index in [9.17, 15) is 23.3 Å². The van der Waals surface area contributed by atoms with Gasteiger partial charge in [0, 0.05) is 0 Å². The van der Waals surface area contributed by atoms with E-state index in [2.05, 4.69) is 0 Å². The predicted molar refractivity (Wildman–Crippen MR) is 122 cm³/mol. The number of carbonyl (C=O) groups is 2. The fourth-order valence-corrected chi connectivity index (χ4v) is 4.34. The number of rotatable bonds is 5. The number of primary sulfonamides is 1. The first-order chi connectivity index (χ1) is 16.1. The summed E-state index contributed by atoms with van der Waals surface area (Å²) in [5, 5.41) is 15.2. The molecule has 0 fully saturated rings. The minimum absolute atomic E-state index is 0.0450. The van der Waals surface area contributed by atoms with Crippen molar-refractivity contribution in [2.24, 2.45) is 10.9 Å². The van der Waals surface area contributed by atoms with Crippen LogP contribution in [0.25, 0.3) is 0 Å². The number of nitrogens with two attached hydrogens (primary N) is 2. The van der Waals surface area contributed by atoms with E-state index in [4.69, 9.17) is 31.9 Å². The van der Waals surface area contributed by atoms with Gasteiger partial charge in [0.2, 0.25) is 10.0 Å². The fourth-order valence-electron chi connectivity index (χ4n) is 3.60. The van der Waals surface area contributed by atoms with Crippen molar-refractivity contribution in [2.45, 2.75) is 10.8 Å². The quantitative estimate of drug-likeness (QED) is 0.580. The Morgan fingerprint density at radius 2 is 1.71 bits per heavy atom. The number of esters is 2. The molecular weight excluding hydrogens is 484 g/mol. The van der Waals surface area contributed by atoms with Crippen LogP contribution >= 0.6 is 11.6 Å². The number of hydrogen-bond donors (Lipinski definition) is 2. The molecule has 10 nitrogen and oxygen atoms in total. The van der Waals surface area contributed by atoms with Crippen molar-refractivity contribution in [3.63, 3.8) is 0 Å². The summed E-state index contributed by atoms with van der Waals surface area (Å²) in [7, 11) is -1.98. The molecular formula is C22H19ClN4O6S. The Kier molecular flexibility index (Phi) is 6.97. The van der Waals surface area contributed by atoms with Crippen molar-refractivity contribution < 1.29 is 27.5 Å². The maximum atomic E-state index is 13.0. The van der Waals surface area contributed by atoms with Gasteiger partial charge in [0.05, 0.1) is 53.0 Å². The van der Waals surface area contributed by atoms with E-state index in [1.54, 1.807) is 30.3 Å². The molecule has 0 saturated heterocycles. The molecule has 0 saturated carbocycles.